The highest BCUT2D eigenvalue weighted by molar-refractivity contribution is 5.88. The van der Waals surface area contributed by atoms with Crippen LogP contribution in [0, 0.1) is 5.92 Å². The summed E-state index contributed by atoms with van der Waals surface area (Å²) in [6.45, 7) is 10.7. The number of pyridine rings is 1. The molecular formula is C28H36N2O7. The van der Waals surface area contributed by atoms with E-state index < -0.39 is 23.1 Å². The SMILES string of the molecule is CC(C)[C@@H]1COc2cc(OCCCNC(=O)OC(C)(C)C)c(C3CC3)cc2-c2cc(=O)c(C(=O)O)cn21. The predicted octanol–water partition coefficient (Wildman–Crippen LogP) is 4.97. The minimum atomic E-state index is -1.24. The molecule has 1 fully saturated rings. The number of aromatic nitrogens is 1. The van der Waals surface area contributed by atoms with Crippen LogP contribution < -0.4 is 20.2 Å². The molecular weight excluding hydrogens is 476 g/mol. The van der Waals surface area contributed by atoms with Crippen LogP contribution in [-0.2, 0) is 4.74 Å². The van der Waals surface area contributed by atoms with Crippen molar-refractivity contribution in [3.63, 3.8) is 0 Å². The van der Waals surface area contributed by atoms with E-state index in [9.17, 15) is 19.5 Å². The van der Waals surface area contributed by atoms with Gasteiger partial charge in [0, 0.05) is 30.4 Å². The Morgan fingerprint density at radius 2 is 1.95 bits per heavy atom. The maximum Gasteiger partial charge on any atom is 0.407 e. The monoisotopic (exact) mass is 512 g/mol. The molecule has 200 valence electrons. The molecule has 1 saturated carbocycles. The molecule has 0 spiro atoms. The van der Waals surface area contributed by atoms with Crippen molar-refractivity contribution in [3.05, 3.63) is 45.7 Å². The summed E-state index contributed by atoms with van der Waals surface area (Å²) in [5.41, 5.74) is 1.14. The number of amides is 1. The lowest BCUT2D eigenvalue weighted by Gasteiger charge is -2.24. The highest BCUT2D eigenvalue weighted by atomic mass is 16.6. The van der Waals surface area contributed by atoms with Crippen LogP contribution in [0.4, 0.5) is 4.79 Å². The first-order valence-electron chi connectivity index (χ1n) is 12.8. The topological polar surface area (TPSA) is 116 Å². The molecule has 1 aliphatic heterocycles. The number of nitrogens with zero attached hydrogens (tertiary/aromatic N) is 1. The first-order valence-corrected chi connectivity index (χ1v) is 12.8. The fraction of sp³-hybridized carbons (Fsp3) is 0.536. The molecule has 0 unspecified atom stereocenters. The van der Waals surface area contributed by atoms with Crippen molar-refractivity contribution in [1.82, 2.24) is 9.88 Å². The fourth-order valence-electron chi connectivity index (χ4n) is 4.46. The summed E-state index contributed by atoms with van der Waals surface area (Å²) < 4.78 is 19.5. The number of nitrogens with one attached hydrogen (secondary N) is 1. The van der Waals surface area contributed by atoms with Gasteiger partial charge in [-0.2, -0.15) is 0 Å². The third-order valence-electron chi connectivity index (χ3n) is 6.50. The van der Waals surface area contributed by atoms with E-state index in [1.54, 1.807) is 0 Å². The Bertz CT molecular complexity index is 1240. The molecule has 2 aromatic rings. The minimum absolute atomic E-state index is 0.145. The maximum absolute atomic E-state index is 12.7. The smallest absolute Gasteiger partial charge is 0.407 e. The molecule has 0 bridgehead atoms. The van der Waals surface area contributed by atoms with E-state index in [0.29, 0.717) is 43.5 Å². The molecule has 2 aliphatic rings. The summed E-state index contributed by atoms with van der Waals surface area (Å²) in [6.07, 6.45) is 3.70. The van der Waals surface area contributed by atoms with E-state index in [-0.39, 0.29) is 17.5 Å². The maximum atomic E-state index is 12.7. The lowest BCUT2D eigenvalue weighted by Crippen LogP contribution is -2.33. The molecule has 1 atom stereocenters. The van der Waals surface area contributed by atoms with E-state index in [2.05, 4.69) is 5.32 Å². The van der Waals surface area contributed by atoms with E-state index in [1.807, 2.05) is 51.3 Å². The van der Waals surface area contributed by atoms with Gasteiger partial charge >= 0.3 is 12.1 Å². The van der Waals surface area contributed by atoms with Gasteiger partial charge in [-0.15, -0.1) is 0 Å². The number of fused-ring (bicyclic) bond motifs is 3. The van der Waals surface area contributed by atoms with Crippen molar-refractivity contribution in [2.24, 2.45) is 5.92 Å². The number of hydrogen-bond acceptors (Lipinski definition) is 6. The summed E-state index contributed by atoms with van der Waals surface area (Å²) in [5.74, 6) is 0.608. The number of carbonyl (C=O) groups is 2. The van der Waals surface area contributed by atoms with Crippen molar-refractivity contribution in [2.75, 3.05) is 19.8 Å². The Morgan fingerprint density at radius 1 is 1.22 bits per heavy atom. The van der Waals surface area contributed by atoms with Crippen molar-refractivity contribution < 1.29 is 28.9 Å². The van der Waals surface area contributed by atoms with E-state index >= 15 is 0 Å². The number of benzene rings is 1. The number of hydrogen-bond donors (Lipinski definition) is 2. The van der Waals surface area contributed by atoms with E-state index in [4.69, 9.17) is 14.2 Å². The largest absolute Gasteiger partial charge is 0.493 e. The van der Waals surface area contributed by atoms with Crippen molar-refractivity contribution in [2.45, 2.75) is 71.4 Å². The first-order chi connectivity index (χ1) is 17.4. The third-order valence-corrected chi connectivity index (χ3v) is 6.50. The van der Waals surface area contributed by atoms with Crippen molar-refractivity contribution in [3.8, 4) is 22.8 Å². The highest BCUT2D eigenvalue weighted by Gasteiger charge is 2.32. The molecule has 1 amide bonds. The number of aromatic carboxylic acids is 1. The molecule has 4 rings (SSSR count). The van der Waals surface area contributed by atoms with Crippen LogP contribution in [0.15, 0.2) is 29.2 Å². The Hall–Kier alpha value is -3.49. The lowest BCUT2D eigenvalue weighted by atomic mass is 9.99. The van der Waals surface area contributed by atoms with Gasteiger partial charge in [0.2, 0.25) is 0 Å². The number of rotatable bonds is 8. The lowest BCUT2D eigenvalue weighted by molar-refractivity contribution is 0.0524. The predicted molar refractivity (Wildman–Crippen MR) is 139 cm³/mol. The van der Waals surface area contributed by atoms with Crippen LogP contribution in [-0.4, -0.2) is 47.1 Å². The Kier molecular flexibility index (Phi) is 7.52. The van der Waals surface area contributed by atoms with Crippen LogP contribution in [0.25, 0.3) is 11.3 Å². The van der Waals surface area contributed by atoms with Gasteiger partial charge in [-0.3, -0.25) is 4.79 Å². The molecule has 37 heavy (non-hydrogen) atoms. The second kappa shape index (κ2) is 10.5. The molecule has 9 heteroatoms. The zero-order chi connectivity index (χ0) is 26.9. The molecule has 2 heterocycles. The third kappa shape index (κ3) is 6.26. The summed E-state index contributed by atoms with van der Waals surface area (Å²) in [7, 11) is 0. The number of carbonyl (C=O) groups excluding carboxylic acids is 1. The minimum Gasteiger partial charge on any atom is -0.493 e. The molecule has 2 N–H and O–H groups in total. The number of carboxylic acids is 1. The number of ether oxygens (including phenoxy) is 3. The van der Waals surface area contributed by atoms with Gasteiger partial charge < -0.3 is 29.2 Å². The molecule has 0 radical (unpaired) electrons. The summed E-state index contributed by atoms with van der Waals surface area (Å²) >= 11 is 0. The first kappa shape index (κ1) is 26.6. The van der Waals surface area contributed by atoms with Crippen LogP contribution >= 0.6 is 0 Å². The second-order valence-corrected chi connectivity index (χ2v) is 11.1. The van der Waals surface area contributed by atoms with Gasteiger partial charge in [0.1, 0.15) is 29.3 Å². The van der Waals surface area contributed by atoms with Gasteiger partial charge in [0.25, 0.3) is 0 Å². The second-order valence-electron chi connectivity index (χ2n) is 11.1. The quantitative estimate of drug-likeness (QED) is 0.480. The molecule has 9 nitrogen and oxygen atoms in total. The normalized spacial score (nSPS) is 16.8. The molecule has 1 aromatic carbocycles. The Morgan fingerprint density at radius 3 is 2.57 bits per heavy atom. The van der Waals surface area contributed by atoms with Crippen LogP contribution in [0.1, 0.15) is 81.8 Å². The molecule has 0 saturated heterocycles. The summed E-state index contributed by atoms with van der Waals surface area (Å²) in [6, 6.07) is 5.17. The Labute approximate surface area is 216 Å². The summed E-state index contributed by atoms with van der Waals surface area (Å²) in [5, 5.41) is 12.3. The van der Waals surface area contributed by atoms with Crippen LogP contribution in [0.5, 0.6) is 11.5 Å². The van der Waals surface area contributed by atoms with Gasteiger partial charge in [0.05, 0.1) is 18.3 Å². The fourth-order valence-corrected chi connectivity index (χ4v) is 4.46. The number of alkyl carbamates (subject to hydrolysis) is 1. The zero-order valence-corrected chi connectivity index (χ0v) is 22.1. The van der Waals surface area contributed by atoms with Crippen molar-refractivity contribution in [1.29, 1.82) is 0 Å². The molecule has 1 aliphatic carbocycles. The highest BCUT2D eigenvalue weighted by Crippen LogP contribution is 2.49. The van der Waals surface area contributed by atoms with E-state index in [1.165, 1.54) is 12.3 Å². The Balaban J connectivity index is 1.59. The zero-order valence-electron chi connectivity index (χ0n) is 22.1. The van der Waals surface area contributed by atoms with E-state index in [0.717, 1.165) is 29.7 Å². The average molecular weight is 513 g/mol. The van der Waals surface area contributed by atoms with Crippen molar-refractivity contribution >= 4 is 12.1 Å². The van der Waals surface area contributed by atoms with Gasteiger partial charge in [-0.05, 0) is 63.5 Å². The van der Waals surface area contributed by atoms with Gasteiger partial charge in [-0.25, -0.2) is 9.59 Å². The molecule has 1 aromatic heterocycles. The number of carboxylic acid groups (broad SMARTS) is 1. The van der Waals surface area contributed by atoms with Crippen LogP contribution in [0.3, 0.4) is 0 Å². The average Bonchev–Trinajstić information content (AvgIpc) is 3.63. The summed E-state index contributed by atoms with van der Waals surface area (Å²) in [4.78, 5) is 36.2. The van der Waals surface area contributed by atoms with Gasteiger partial charge in [0.15, 0.2) is 5.43 Å². The standard InChI is InChI=1S/C28H36N2O7/c1-16(2)22-15-36-25-13-24(35-10-6-9-29-27(34)37-28(3,4)5)18(17-7-8-17)11-19(25)21-12-23(31)20(26(32)33)14-30(21)22/h11-14,16-17,22H,6-10,15H2,1-5H3,(H,29,34)(H,32,33)/t22-/m0/s1. The van der Waals surface area contributed by atoms with Gasteiger partial charge in [-0.1, -0.05) is 13.8 Å². The van der Waals surface area contributed by atoms with Crippen LogP contribution in [0.2, 0.25) is 0 Å².